The minimum absolute atomic E-state index is 0.0390. The third kappa shape index (κ3) is 5.52. The van der Waals surface area contributed by atoms with Gasteiger partial charge in [0.05, 0.1) is 16.9 Å². The largest absolute Gasteiger partial charge is 0.444 e. The first kappa shape index (κ1) is 19.8. The topological polar surface area (TPSA) is 67.4 Å². The van der Waals surface area contributed by atoms with E-state index in [9.17, 15) is 18.4 Å². The number of rotatable bonds is 3. The van der Waals surface area contributed by atoms with Gasteiger partial charge in [-0.15, -0.1) is 0 Å². The summed E-state index contributed by atoms with van der Waals surface area (Å²) in [5.41, 5.74) is -0.366. The van der Waals surface area contributed by atoms with Crippen molar-refractivity contribution in [3.63, 3.8) is 0 Å². The first-order valence-corrected chi connectivity index (χ1v) is 8.40. The van der Waals surface area contributed by atoms with Crippen molar-refractivity contribution in [2.24, 2.45) is 0 Å². The van der Waals surface area contributed by atoms with Crippen LogP contribution in [0.4, 0.5) is 25.0 Å². The van der Waals surface area contributed by atoms with Crippen LogP contribution in [0.5, 0.6) is 0 Å². The molecule has 0 aliphatic heterocycles. The minimum Gasteiger partial charge on any atom is -0.444 e. The quantitative estimate of drug-likeness (QED) is 0.696. The Bertz CT molecular complexity index is 851. The number of anilines is 2. The smallest absolute Gasteiger partial charge is 0.412 e. The normalized spacial score (nSPS) is 11.0. The molecule has 2 rings (SSSR count). The maximum Gasteiger partial charge on any atom is 0.412 e. The molecule has 0 heterocycles. The van der Waals surface area contributed by atoms with Crippen LogP contribution in [-0.2, 0) is 4.74 Å². The van der Waals surface area contributed by atoms with Crippen molar-refractivity contribution in [3.05, 3.63) is 58.1 Å². The molecule has 0 saturated carbocycles. The summed E-state index contributed by atoms with van der Waals surface area (Å²) in [5, 5.41) is 4.96. The number of ether oxygens (including phenoxy) is 1. The van der Waals surface area contributed by atoms with Gasteiger partial charge in [-0.1, -0.05) is 0 Å². The van der Waals surface area contributed by atoms with E-state index in [2.05, 4.69) is 26.6 Å². The van der Waals surface area contributed by atoms with Crippen LogP contribution in [0.3, 0.4) is 0 Å². The molecule has 0 spiro atoms. The Kier molecular flexibility index (Phi) is 5.97. The van der Waals surface area contributed by atoms with E-state index in [-0.39, 0.29) is 21.4 Å². The van der Waals surface area contributed by atoms with Crippen molar-refractivity contribution in [1.29, 1.82) is 0 Å². The Balaban J connectivity index is 2.24. The van der Waals surface area contributed by atoms with Crippen molar-refractivity contribution < 1.29 is 23.1 Å². The van der Waals surface area contributed by atoms with Gasteiger partial charge in [-0.05, 0) is 73.1 Å². The number of nitrogens with one attached hydrogen (secondary N) is 2. The number of carbonyl (C=O) groups is 2. The lowest BCUT2D eigenvalue weighted by atomic mass is 10.2. The molecule has 138 valence electrons. The molecule has 0 atom stereocenters. The Hall–Kier alpha value is -2.48. The van der Waals surface area contributed by atoms with E-state index in [4.69, 9.17) is 4.74 Å². The predicted octanol–water partition coefficient (Wildman–Crippen LogP) is 5.33. The highest BCUT2D eigenvalue weighted by Crippen LogP contribution is 2.26. The third-order valence-electron chi connectivity index (χ3n) is 3.04. The zero-order valence-electron chi connectivity index (χ0n) is 14.3. The van der Waals surface area contributed by atoms with Crippen molar-refractivity contribution in [1.82, 2.24) is 0 Å². The number of hydrogen-bond donors (Lipinski definition) is 2. The maximum atomic E-state index is 13.6. The summed E-state index contributed by atoms with van der Waals surface area (Å²) in [6.45, 7) is 5.10. The van der Waals surface area contributed by atoms with Gasteiger partial charge in [-0.25, -0.2) is 13.6 Å². The first-order valence-electron chi connectivity index (χ1n) is 7.61. The van der Waals surface area contributed by atoms with Gasteiger partial charge in [0.25, 0.3) is 5.91 Å². The highest BCUT2D eigenvalue weighted by molar-refractivity contribution is 9.10. The van der Waals surface area contributed by atoms with Gasteiger partial charge in [0.2, 0.25) is 0 Å². The molecule has 2 aromatic carbocycles. The third-order valence-corrected chi connectivity index (χ3v) is 3.70. The fraction of sp³-hybridized carbons (Fsp3) is 0.222. The predicted molar refractivity (Wildman–Crippen MR) is 98.3 cm³/mol. The van der Waals surface area contributed by atoms with Gasteiger partial charge in [0.1, 0.15) is 17.2 Å². The first-order chi connectivity index (χ1) is 12.0. The van der Waals surface area contributed by atoms with Gasteiger partial charge in [0, 0.05) is 4.47 Å². The zero-order chi connectivity index (χ0) is 19.5. The summed E-state index contributed by atoms with van der Waals surface area (Å²) in [5.74, 6) is -1.71. The fourth-order valence-corrected chi connectivity index (χ4v) is 2.54. The summed E-state index contributed by atoms with van der Waals surface area (Å²) in [6.07, 6.45) is -0.748. The second kappa shape index (κ2) is 7.82. The molecule has 0 saturated heterocycles. The van der Waals surface area contributed by atoms with E-state index in [1.54, 1.807) is 20.8 Å². The van der Waals surface area contributed by atoms with E-state index in [1.807, 2.05) is 0 Å². The van der Waals surface area contributed by atoms with Gasteiger partial charge in [0.15, 0.2) is 0 Å². The highest BCUT2D eigenvalue weighted by Gasteiger charge is 2.19. The summed E-state index contributed by atoms with van der Waals surface area (Å²) in [6, 6.07) is 7.05. The lowest BCUT2D eigenvalue weighted by molar-refractivity contribution is 0.0635. The van der Waals surface area contributed by atoms with Crippen LogP contribution < -0.4 is 10.6 Å². The molecule has 2 amide bonds. The Morgan fingerprint density at radius 1 is 0.962 bits per heavy atom. The monoisotopic (exact) mass is 426 g/mol. The molecule has 0 fully saturated rings. The number of carbonyl (C=O) groups excluding carboxylic acids is 2. The second-order valence-electron chi connectivity index (χ2n) is 6.40. The van der Waals surface area contributed by atoms with E-state index in [1.165, 1.54) is 12.1 Å². The van der Waals surface area contributed by atoms with Gasteiger partial charge >= 0.3 is 6.09 Å². The van der Waals surface area contributed by atoms with E-state index >= 15 is 0 Å². The lowest BCUT2D eigenvalue weighted by Gasteiger charge is -2.20. The summed E-state index contributed by atoms with van der Waals surface area (Å²) >= 11 is 3.10. The van der Waals surface area contributed by atoms with Crippen LogP contribution in [-0.4, -0.2) is 17.6 Å². The van der Waals surface area contributed by atoms with Gasteiger partial charge in [-0.2, -0.15) is 0 Å². The molecule has 26 heavy (non-hydrogen) atoms. The van der Waals surface area contributed by atoms with Crippen LogP contribution >= 0.6 is 15.9 Å². The minimum atomic E-state index is -0.748. The van der Waals surface area contributed by atoms with E-state index in [0.717, 1.165) is 24.3 Å². The Morgan fingerprint density at radius 3 is 2.19 bits per heavy atom. The SMILES string of the molecule is CC(C)(C)OC(=O)Nc1ccc(F)cc1NC(=O)c1ccc(F)cc1Br. The fourth-order valence-electron chi connectivity index (χ4n) is 2.01. The van der Waals surface area contributed by atoms with E-state index < -0.39 is 29.2 Å². The Morgan fingerprint density at radius 2 is 1.58 bits per heavy atom. The number of benzene rings is 2. The molecule has 5 nitrogen and oxygen atoms in total. The summed E-state index contributed by atoms with van der Waals surface area (Å²) in [7, 11) is 0. The molecule has 0 bridgehead atoms. The highest BCUT2D eigenvalue weighted by atomic mass is 79.9. The van der Waals surface area contributed by atoms with Crippen molar-refractivity contribution in [3.8, 4) is 0 Å². The molecule has 0 aromatic heterocycles. The van der Waals surface area contributed by atoms with Crippen molar-refractivity contribution in [2.45, 2.75) is 26.4 Å². The summed E-state index contributed by atoms with van der Waals surface area (Å²) < 4.78 is 32.1. The maximum absolute atomic E-state index is 13.6. The number of hydrogen-bond acceptors (Lipinski definition) is 3. The molecular formula is C18H17BrF2N2O3. The van der Waals surface area contributed by atoms with Crippen molar-refractivity contribution in [2.75, 3.05) is 10.6 Å². The molecule has 0 aliphatic carbocycles. The van der Waals surface area contributed by atoms with Crippen molar-refractivity contribution >= 4 is 39.3 Å². The standard InChI is InChI=1S/C18H17BrF2N2O3/c1-18(2,3)26-17(25)23-14-7-5-11(21)9-15(14)22-16(24)12-6-4-10(20)8-13(12)19/h4-9H,1-3H3,(H,22,24)(H,23,25). The summed E-state index contributed by atoms with van der Waals surface area (Å²) in [4.78, 5) is 24.3. The second-order valence-corrected chi connectivity index (χ2v) is 7.25. The average molecular weight is 427 g/mol. The molecule has 0 unspecified atom stereocenters. The molecule has 2 N–H and O–H groups in total. The lowest BCUT2D eigenvalue weighted by Crippen LogP contribution is -2.27. The van der Waals surface area contributed by atoms with Crippen LogP contribution in [0, 0.1) is 11.6 Å². The van der Waals surface area contributed by atoms with Crippen LogP contribution in [0.25, 0.3) is 0 Å². The van der Waals surface area contributed by atoms with Crippen LogP contribution in [0.2, 0.25) is 0 Å². The molecule has 0 aliphatic rings. The number of amides is 2. The molecule has 0 radical (unpaired) electrons. The van der Waals surface area contributed by atoms with Crippen LogP contribution in [0.15, 0.2) is 40.9 Å². The van der Waals surface area contributed by atoms with Gasteiger partial charge < -0.3 is 10.1 Å². The van der Waals surface area contributed by atoms with Gasteiger partial charge in [-0.3, -0.25) is 10.1 Å². The molecular weight excluding hydrogens is 410 g/mol. The zero-order valence-corrected chi connectivity index (χ0v) is 15.9. The van der Waals surface area contributed by atoms with Crippen LogP contribution in [0.1, 0.15) is 31.1 Å². The average Bonchev–Trinajstić information content (AvgIpc) is 2.48. The van der Waals surface area contributed by atoms with E-state index in [0.29, 0.717) is 0 Å². The Labute approximate surface area is 157 Å². The molecule has 8 heteroatoms. The molecule has 2 aromatic rings. The number of halogens is 3.